The van der Waals surface area contributed by atoms with Crippen molar-refractivity contribution in [2.24, 2.45) is 5.73 Å². The van der Waals surface area contributed by atoms with Gasteiger partial charge in [0.15, 0.2) is 0 Å². The summed E-state index contributed by atoms with van der Waals surface area (Å²) in [7, 11) is 0. The second kappa shape index (κ2) is 5.26. The fourth-order valence-corrected chi connectivity index (χ4v) is 3.65. The molecule has 1 aromatic rings. The molecule has 1 aliphatic carbocycles. The molecule has 2 aliphatic rings. The minimum atomic E-state index is 0.296. The molecule has 0 spiro atoms. The molecule has 0 aromatic heterocycles. The van der Waals surface area contributed by atoms with Crippen molar-refractivity contribution in [2.75, 3.05) is 6.54 Å². The minimum Gasteiger partial charge on any atom is -0.326 e. The van der Waals surface area contributed by atoms with E-state index >= 15 is 0 Å². The summed E-state index contributed by atoms with van der Waals surface area (Å²) in [5, 5.41) is 0. The van der Waals surface area contributed by atoms with Crippen molar-refractivity contribution in [2.45, 2.75) is 64.1 Å². The Hall–Kier alpha value is -0.860. The first kappa shape index (κ1) is 13.1. The van der Waals surface area contributed by atoms with Crippen molar-refractivity contribution in [3.05, 3.63) is 34.9 Å². The number of hydrogen-bond acceptors (Lipinski definition) is 2. The quantitative estimate of drug-likeness (QED) is 0.881. The molecule has 3 rings (SSSR count). The van der Waals surface area contributed by atoms with Crippen molar-refractivity contribution in [1.82, 2.24) is 4.90 Å². The fourth-order valence-electron chi connectivity index (χ4n) is 3.65. The molecule has 1 saturated heterocycles. The highest BCUT2D eigenvalue weighted by Crippen LogP contribution is 2.39. The molecule has 1 aliphatic heterocycles. The molecule has 1 saturated carbocycles. The Morgan fingerprint density at radius 1 is 1.00 bits per heavy atom. The maximum Gasteiger partial charge on any atom is 0.0502 e. The summed E-state index contributed by atoms with van der Waals surface area (Å²) in [6.45, 7) is 5.62. The van der Waals surface area contributed by atoms with Crippen LogP contribution in [0, 0.1) is 13.8 Å². The van der Waals surface area contributed by atoms with Gasteiger partial charge in [-0.1, -0.05) is 35.7 Å². The van der Waals surface area contributed by atoms with Crippen LogP contribution >= 0.6 is 0 Å². The third kappa shape index (κ3) is 2.85. The summed E-state index contributed by atoms with van der Waals surface area (Å²) < 4.78 is 0. The number of likely N-dealkylation sites (tertiary alicyclic amines) is 1. The van der Waals surface area contributed by atoms with Crippen LogP contribution in [-0.2, 0) is 0 Å². The van der Waals surface area contributed by atoms with Crippen molar-refractivity contribution in [1.29, 1.82) is 0 Å². The first-order chi connectivity index (χ1) is 9.15. The number of nitrogens with two attached hydrogens (primary N) is 1. The normalized spacial score (nSPS) is 29.2. The summed E-state index contributed by atoms with van der Waals surface area (Å²) >= 11 is 0. The number of aryl methyl sites for hydroxylation is 2. The molecule has 0 bridgehead atoms. The molecule has 0 radical (unpaired) electrons. The summed E-state index contributed by atoms with van der Waals surface area (Å²) in [6.07, 6.45) is 6.50. The van der Waals surface area contributed by atoms with Crippen LogP contribution in [0.3, 0.4) is 0 Å². The van der Waals surface area contributed by atoms with E-state index < -0.39 is 0 Å². The Kier molecular flexibility index (Phi) is 3.64. The zero-order chi connectivity index (χ0) is 13.4. The van der Waals surface area contributed by atoms with Crippen LogP contribution in [0.1, 0.15) is 54.8 Å². The van der Waals surface area contributed by atoms with Gasteiger partial charge in [0.05, 0.1) is 6.04 Å². The predicted molar refractivity (Wildman–Crippen MR) is 80.2 cm³/mol. The molecule has 2 heteroatoms. The van der Waals surface area contributed by atoms with E-state index in [4.69, 9.17) is 5.73 Å². The van der Waals surface area contributed by atoms with Gasteiger partial charge in [-0.25, -0.2) is 0 Å². The topological polar surface area (TPSA) is 29.3 Å². The second-order valence-corrected chi connectivity index (χ2v) is 6.49. The number of benzene rings is 1. The molecule has 19 heavy (non-hydrogen) atoms. The Balaban J connectivity index is 1.96. The smallest absolute Gasteiger partial charge is 0.0502 e. The van der Waals surface area contributed by atoms with E-state index in [0.717, 1.165) is 6.04 Å². The number of hydrogen-bond donors (Lipinski definition) is 1. The average Bonchev–Trinajstić information content (AvgIpc) is 3.13. The van der Waals surface area contributed by atoms with Crippen LogP contribution in [-0.4, -0.2) is 23.5 Å². The summed E-state index contributed by atoms with van der Waals surface area (Å²) in [5.41, 5.74) is 10.7. The summed E-state index contributed by atoms with van der Waals surface area (Å²) in [6, 6.07) is 8.48. The average molecular weight is 258 g/mol. The Labute approximate surface area is 117 Å². The molecule has 2 atom stereocenters. The van der Waals surface area contributed by atoms with Crippen LogP contribution in [0.15, 0.2) is 18.2 Å². The standard InChI is InChI=1S/C17H26N2/c1-12-9-13(2)11-14(10-12)17-16(18)5-3-4-8-19(17)15-6-7-15/h9-11,15-17H,3-8,18H2,1-2H3. The van der Waals surface area contributed by atoms with E-state index in [0.29, 0.717) is 12.1 Å². The lowest BCUT2D eigenvalue weighted by Gasteiger charge is -2.34. The zero-order valence-corrected chi connectivity index (χ0v) is 12.2. The van der Waals surface area contributed by atoms with Gasteiger partial charge in [-0.2, -0.15) is 0 Å². The number of rotatable bonds is 2. The molecule has 2 unspecified atom stereocenters. The van der Waals surface area contributed by atoms with Gasteiger partial charge in [0.1, 0.15) is 0 Å². The largest absolute Gasteiger partial charge is 0.326 e. The Bertz CT molecular complexity index is 430. The van der Waals surface area contributed by atoms with E-state index in [2.05, 4.69) is 36.9 Å². The van der Waals surface area contributed by atoms with E-state index in [1.807, 2.05) is 0 Å². The van der Waals surface area contributed by atoms with E-state index in [1.165, 1.54) is 55.3 Å². The molecule has 1 heterocycles. The Morgan fingerprint density at radius 2 is 1.68 bits per heavy atom. The van der Waals surface area contributed by atoms with Gasteiger partial charge in [-0.3, -0.25) is 4.90 Å². The molecule has 0 amide bonds. The van der Waals surface area contributed by atoms with Crippen molar-refractivity contribution in [3.63, 3.8) is 0 Å². The molecule has 2 N–H and O–H groups in total. The SMILES string of the molecule is Cc1cc(C)cc(C2C(N)CCCCN2C2CC2)c1. The van der Waals surface area contributed by atoms with Crippen LogP contribution in [0.2, 0.25) is 0 Å². The lowest BCUT2D eigenvalue weighted by Crippen LogP contribution is -2.41. The summed E-state index contributed by atoms with van der Waals surface area (Å²) in [4.78, 5) is 2.70. The van der Waals surface area contributed by atoms with Gasteiger partial charge < -0.3 is 5.73 Å². The van der Waals surface area contributed by atoms with Crippen LogP contribution in [0.5, 0.6) is 0 Å². The lowest BCUT2D eigenvalue weighted by atomic mass is 9.93. The van der Waals surface area contributed by atoms with Crippen LogP contribution < -0.4 is 5.73 Å². The third-order valence-corrected chi connectivity index (χ3v) is 4.57. The Morgan fingerprint density at radius 3 is 2.32 bits per heavy atom. The van der Waals surface area contributed by atoms with Gasteiger partial charge in [0.25, 0.3) is 0 Å². The van der Waals surface area contributed by atoms with Crippen LogP contribution in [0.4, 0.5) is 0 Å². The number of nitrogens with zero attached hydrogens (tertiary/aromatic N) is 1. The van der Waals surface area contributed by atoms with Gasteiger partial charge in [-0.05, 0) is 51.6 Å². The predicted octanol–water partition coefficient (Wildman–Crippen LogP) is 3.32. The second-order valence-electron chi connectivity index (χ2n) is 6.49. The van der Waals surface area contributed by atoms with Gasteiger partial charge >= 0.3 is 0 Å². The van der Waals surface area contributed by atoms with Crippen molar-refractivity contribution < 1.29 is 0 Å². The van der Waals surface area contributed by atoms with Crippen molar-refractivity contribution >= 4 is 0 Å². The molecule has 2 nitrogen and oxygen atoms in total. The maximum atomic E-state index is 6.53. The minimum absolute atomic E-state index is 0.296. The first-order valence-electron chi connectivity index (χ1n) is 7.74. The third-order valence-electron chi connectivity index (χ3n) is 4.57. The monoisotopic (exact) mass is 258 g/mol. The van der Waals surface area contributed by atoms with E-state index in [-0.39, 0.29) is 0 Å². The van der Waals surface area contributed by atoms with E-state index in [9.17, 15) is 0 Å². The molecule has 104 valence electrons. The highest BCUT2D eigenvalue weighted by atomic mass is 15.2. The first-order valence-corrected chi connectivity index (χ1v) is 7.74. The molecule has 2 fully saturated rings. The highest BCUT2D eigenvalue weighted by molar-refractivity contribution is 5.32. The fraction of sp³-hybridized carbons (Fsp3) is 0.647. The van der Waals surface area contributed by atoms with Crippen molar-refractivity contribution in [3.8, 4) is 0 Å². The molecule has 1 aromatic carbocycles. The molecular weight excluding hydrogens is 232 g/mol. The molecular formula is C17H26N2. The van der Waals surface area contributed by atoms with Crippen LogP contribution in [0.25, 0.3) is 0 Å². The van der Waals surface area contributed by atoms with E-state index in [1.54, 1.807) is 0 Å². The highest BCUT2D eigenvalue weighted by Gasteiger charge is 2.38. The van der Waals surface area contributed by atoms with Gasteiger partial charge in [-0.15, -0.1) is 0 Å². The zero-order valence-electron chi connectivity index (χ0n) is 12.2. The lowest BCUT2D eigenvalue weighted by molar-refractivity contribution is 0.175. The maximum absolute atomic E-state index is 6.53. The van der Waals surface area contributed by atoms with Gasteiger partial charge in [0, 0.05) is 12.1 Å². The van der Waals surface area contributed by atoms with Gasteiger partial charge in [0.2, 0.25) is 0 Å². The summed E-state index contributed by atoms with van der Waals surface area (Å²) in [5.74, 6) is 0.